The molecule has 1 fully saturated rings. The molecule has 0 aromatic carbocycles. The summed E-state index contributed by atoms with van der Waals surface area (Å²) < 4.78 is 5.28. The van der Waals surface area contributed by atoms with Crippen LogP contribution in [0.15, 0.2) is 0 Å². The first kappa shape index (κ1) is 15.7. The summed E-state index contributed by atoms with van der Waals surface area (Å²) in [7, 11) is 1.65. The van der Waals surface area contributed by atoms with Crippen LogP contribution in [0.3, 0.4) is 0 Å². The molecule has 2 rings (SSSR count). The van der Waals surface area contributed by atoms with E-state index in [4.69, 9.17) is 9.84 Å². The van der Waals surface area contributed by atoms with Crippen molar-refractivity contribution < 1.29 is 19.4 Å². The maximum atomic E-state index is 12.1. The lowest BCUT2D eigenvalue weighted by Gasteiger charge is -2.31. The molecule has 1 unspecified atom stereocenters. The third-order valence-corrected chi connectivity index (χ3v) is 4.57. The lowest BCUT2D eigenvalue weighted by Crippen LogP contribution is -2.47. The molecule has 0 saturated carbocycles. The van der Waals surface area contributed by atoms with Crippen molar-refractivity contribution in [2.75, 3.05) is 20.2 Å². The van der Waals surface area contributed by atoms with E-state index in [1.54, 1.807) is 18.9 Å². The molecule has 8 heteroatoms. The Hall–Kier alpha value is -1.67. The molecule has 1 atom stereocenters. The van der Waals surface area contributed by atoms with Crippen LogP contribution in [0.25, 0.3) is 0 Å². The van der Waals surface area contributed by atoms with E-state index in [2.05, 4.69) is 10.3 Å². The zero-order chi connectivity index (χ0) is 15.4. The number of aryl methyl sites for hydroxylation is 1. The minimum atomic E-state index is -0.985. The molecule has 0 radical (unpaired) electrons. The molecule has 116 valence electrons. The first-order valence-corrected chi connectivity index (χ1v) is 7.58. The van der Waals surface area contributed by atoms with Crippen LogP contribution in [0.2, 0.25) is 0 Å². The van der Waals surface area contributed by atoms with Crippen molar-refractivity contribution in [2.24, 2.45) is 0 Å². The van der Waals surface area contributed by atoms with Crippen molar-refractivity contribution in [1.82, 2.24) is 15.2 Å². The number of ether oxygens (including phenoxy) is 1. The summed E-state index contributed by atoms with van der Waals surface area (Å²) >= 11 is 1.09. The van der Waals surface area contributed by atoms with Crippen LogP contribution >= 0.6 is 11.3 Å². The summed E-state index contributed by atoms with van der Waals surface area (Å²) in [5.74, 6) is -0.985. The Morgan fingerprint density at radius 3 is 2.95 bits per heavy atom. The van der Waals surface area contributed by atoms with Gasteiger partial charge in [0, 0.05) is 20.2 Å². The number of carbonyl (C=O) groups excluding carboxylic acids is 1. The van der Waals surface area contributed by atoms with Gasteiger partial charge in [0.05, 0.1) is 18.3 Å². The predicted octanol–water partition coefficient (Wildman–Crippen LogP) is 1.47. The van der Waals surface area contributed by atoms with Gasteiger partial charge in [0.15, 0.2) is 0 Å². The van der Waals surface area contributed by atoms with Crippen LogP contribution in [-0.4, -0.2) is 53.3 Å². The van der Waals surface area contributed by atoms with Gasteiger partial charge in [-0.3, -0.25) is 0 Å². The second kappa shape index (κ2) is 6.86. The molecule has 1 saturated heterocycles. The summed E-state index contributed by atoms with van der Waals surface area (Å²) in [6.07, 6.45) is 1.98. The quantitative estimate of drug-likeness (QED) is 0.878. The normalized spacial score (nSPS) is 18.6. The maximum absolute atomic E-state index is 12.1. The van der Waals surface area contributed by atoms with Crippen LogP contribution in [0, 0.1) is 6.92 Å². The molecule has 2 N–H and O–H groups in total. The van der Waals surface area contributed by atoms with Gasteiger partial charge >= 0.3 is 12.0 Å². The summed E-state index contributed by atoms with van der Waals surface area (Å²) in [5, 5.41) is 12.4. The first-order valence-electron chi connectivity index (χ1n) is 6.76. The number of hydrogen-bond acceptors (Lipinski definition) is 5. The molecular formula is C13H19N3O4S. The lowest BCUT2D eigenvalue weighted by atomic mass is 10.1. The number of nitrogens with zero attached hydrogens (tertiary/aromatic N) is 2. The number of methoxy groups -OCH3 is 1. The largest absolute Gasteiger partial charge is 0.477 e. The molecule has 0 aliphatic carbocycles. The van der Waals surface area contributed by atoms with Crippen molar-refractivity contribution in [3.8, 4) is 0 Å². The number of aromatic carboxylic acids is 1. The van der Waals surface area contributed by atoms with Gasteiger partial charge in [-0.25, -0.2) is 14.6 Å². The fraction of sp³-hybridized carbons (Fsp3) is 0.615. The number of urea groups is 1. The van der Waals surface area contributed by atoms with E-state index in [1.165, 1.54) is 0 Å². The molecule has 2 amide bonds. The number of aromatic nitrogens is 1. The number of carboxylic acids is 1. The smallest absolute Gasteiger partial charge is 0.347 e. The Morgan fingerprint density at radius 1 is 1.57 bits per heavy atom. The molecule has 0 spiro atoms. The third kappa shape index (κ3) is 3.92. The number of nitrogens with one attached hydrogen (secondary N) is 1. The number of likely N-dealkylation sites (tertiary alicyclic amines) is 1. The van der Waals surface area contributed by atoms with Gasteiger partial charge < -0.3 is 20.1 Å². The number of rotatable bonds is 4. The number of thiazole rings is 1. The van der Waals surface area contributed by atoms with Gasteiger partial charge in [-0.1, -0.05) is 0 Å². The Morgan fingerprint density at radius 2 is 2.33 bits per heavy atom. The fourth-order valence-electron chi connectivity index (χ4n) is 2.30. The zero-order valence-electron chi connectivity index (χ0n) is 12.1. The minimum Gasteiger partial charge on any atom is -0.477 e. The van der Waals surface area contributed by atoms with E-state index in [0.717, 1.165) is 24.2 Å². The number of hydrogen-bond donors (Lipinski definition) is 2. The molecule has 1 aliphatic rings. The van der Waals surface area contributed by atoms with Crippen LogP contribution in [0.5, 0.6) is 0 Å². The monoisotopic (exact) mass is 313 g/mol. The van der Waals surface area contributed by atoms with E-state index in [-0.39, 0.29) is 23.6 Å². The molecule has 1 aliphatic heterocycles. The highest BCUT2D eigenvalue weighted by molar-refractivity contribution is 7.13. The highest BCUT2D eigenvalue weighted by Gasteiger charge is 2.23. The van der Waals surface area contributed by atoms with E-state index >= 15 is 0 Å². The average Bonchev–Trinajstić information content (AvgIpc) is 2.86. The van der Waals surface area contributed by atoms with Crippen molar-refractivity contribution in [3.05, 3.63) is 15.6 Å². The SMILES string of the molecule is COC1CCCN(C(=O)NCc2nc(C)c(C(=O)O)s2)C1. The van der Waals surface area contributed by atoms with E-state index < -0.39 is 5.97 Å². The van der Waals surface area contributed by atoms with Gasteiger partial charge in [0.2, 0.25) is 0 Å². The third-order valence-electron chi connectivity index (χ3n) is 3.42. The van der Waals surface area contributed by atoms with Crippen LogP contribution in [-0.2, 0) is 11.3 Å². The van der Waals surface area contributed by atoms with Crippen LogP contribution in [0.4, 0.5) is 4.79 Å². The predicted molar refractivity (Wildman–Crippen MR) is 77.7 cm³/mol. The van der Waals surface area contributed by atoms with Gasteiger partial charge in [-0.05, 0) is 19.8 Å². The van der Waals surface area contributed by atoms with Crippen LogP contribution < -0.4 is 5.32 Å². The van der Waals surface area contributed by atoms with Gasteiger partial charge in [0.1, 0.15) is 9.88 Å². The summed E-state index contributed by atoms with van der Waals surface area (Å²) in [6, 6.07) is -0.165. The summed E-state index contributed by atoms with van der Waals surface area (Å²) in [5.41, 5.74) is 0.481. The molecular weight excluding hydrogens is 294 g/mol. The standard InChI is InChI=1S/C13H19N3O4S/c1-8-11(12(17)18)21-10(15-8)6-14-13(19)16-5-3-4-9(7-16)20-2/h9H,3-7H2,1-2H3,(H,14,19)(H,17,18). The topological polar surface area (TPSA) is 91.8 Å². The Balaban J connectivity index is 1.89. The average molecular weight is 313 g/mol. The number of carboxylic acid groups (broad SMARTS) is 1. The fourth-order valence-corrected chi connectivity index (χ4v) is 3.15. The maximum Gasteiger partial charge on any atom is 0.347 e. The van der Waals surface area contributed by atoms with Gasteiger partial charge in [-0.15, -0.1) is 11.3 Å². The summed E-state index contributed by atoms with van der Waals surface area (Å²) in [6.45, 7) is 3.19. The van der Waals surface area contributed by atoms with Crippen molar-refractivity contribution in [2.45, 2.75) is 32.4 Å². The Bertz CT molecular complexity index is 531. The molecule has 2 heterocycles. The minimum absolute atomic E-state index is 0.0882. The zero-order valence-corrected chi connectivity index (χ0v) is 12.9. The van der Waals surface area contributed by atoms with E-state index in [0.29, 0.717) is 23.8 Å². The highest BCUT2D eigenvalue weighted by Crippen LogP contribution is 2.18. The Kier molecular flexibility index (Phi) is 5.13. The molecule has 7 nitrogen and oxygen atoms in total. The first-order chi connectivity index (χ1) is 10.0. The van der Waals surface area contributed by atoms with E-state index in [1.807, 2.05) is 0 Å². The Labute approximate surface area is 126 Å². The van der Waals surface area contributed by atoms with Crippen LogP contribution in [0.1, 0.15) is 33.2 Å². The number of amides is 2. The number of piperidine rings is 1. The number of carbonyl (C=O) groups is 2. The lowest BCUT2D eigenvalue weighted by molar-refractivity contribution is 0.0434. The van der Waals surface area contributed by atoms with Crippen molar-refractivity contribution >= 4 is 23.3 Å². The molecule has 1 aromatic rings. The van der Waals surface area contributed by atoms with E-state index in [9.17, 15) is 9.59 Å². The molecule has 21 heavy (non-hydrogen) atoms. The highest BCUT2D eigenvalue weighted by atomic mass is 32.1. The summed E-state index contributed by atoms with van der Waals surface area (Å²) in [4.78, 5) is 29.1. The van der Waals surface area contributed by atoms with Gasteiger partial charge in [0.25, 0.3) is 0 Å². The van der Waals surface area contributed by atoms with Gasteiger partial charge in [-0.2, -0.15) is 0 Å². The van der Waals surface area contributed by atoms with Crippen molar-refractivity contribution in [1.29, 1.82) is 0 Å². The molecule has 1 aromatic heterocycles. The second-order valence-corrected chi connectivity index (χ2v) is 6.02. The molecule has 0 bridgehead atoms. The van der Waals surface area contributed by atoms with Crippen molar-refractivity contribution in [3.63, 3.8) is 0 Å². The second-order valence-electron chi connectivity index (χ2n) is 4.93.